The summed E-state index contributed by atoms with van der Waals surface area (Å²) in [5.74, 6) is -0.321. The molecule has 0 unspecified atom stereocenters. The highest BCUT2D eigenvalue weighted by atomic mass is 32.1. The van der Waals surface area contributed by atoms with E-state index >= 15 is 0 Å². The summed E-state index contributed by atoms with van der Waals surface area (Å²) in [6.07, 6.45) is 0. The Morgan fingerprint density at radius 3 is 2.85 bits per heavy atom. The smallest absolute Gasteiger partial charge is 0.182 e. The quantitative estimate of drug-likeness (QED) is 0.686. The zero-order valence-corrected chi connectivity index (χ0v) is 11.5. The lowest BCUT2D eigenvalue weighted by Gasteiger charge is -2.08. The van der Waals surface area contributed by atoms with E-state index in [2.05, 4.69) is 11.1 Å². The summed E-state index contributed by atoms with van der Waals surface area (Å²) >= 11 is 5.32. The van der Waals surface area contributed by atoms with Crippen LogP contribution in [-0.4, -0.2) is 9.55 Å². The first-order chi connectivity index (χ1) is 9.61. The molecular weight excluding hydrogens is 273 g/mol. The Morgan fingerprint density at radius 1 is 1.30 bits per heavy atom. The zero-order valence-electron chi connectivity index (χ0n) is 10.6. The predicted molar refractivity (Wildman–Crippen MR) is 77.9 cm³/mol. The minimum atomic E-state index is -0.321. The van der Waals surface area contributed by atoms with Gasteiger partial charge < -0.3 is 4.98 Å². The second-order valence-electron chi connectivity index (χ2n) is 4.51. The molecule has 0 radical (unpaired) electrons. The van der Waals surface area contributed by atoms with Crippen molar-refractivity contribution in [1.82, 2.24) is 9.55 Å². The van der Waals surface area contributed by atoms with Crippen LogP contribution in [0, 0.1) is 28.8 Å². The molecule has 3 rings (SSSR count). The Hall–Kier alpha value is -2.45. The fraction of sp³-hybridized carbons (Fsp3) is 0.0667. The van der Waals surface area contributed by atoms with E-state index in [0.717, 1.165) is 11.1 Å². The molecule has 0 aliphatic heterocycles. The van der Waals surface area contributed by atoms with E-state index in [4.69, 9.17) is 17.5 Å². The van der Waals surface area contributed by atoms with Crippen LogP contribution in [-0.2, 0) is 0 Å². The van der Waals surface area contributed by atoms with Crippen molar-refractivity contribution in [3.8, 4) is 11.8 Å². The molecule has 0 spiro atoms. The van der Waals surface area contributed by atoms with Crippen LogP contribution in [0.5, 0.6) is 0 Å². The van der Waals surface area contributed by atoms with Crippen LogP contribution in [0.25, 0.3) is 16.7 Å². The van der Waals surface area contributed by atoms with Gasteiger partial charge in [0.2, 0.25) is 0 Å². The van der Waals surface area contributed by atoms with E-state index in [1.54, 1.807) is 22.8 Å². The lowest BCUT2D eigenvalue weighted by atomic mass is 10.1. The number of fused-ring (bicyclic) bond motifs is 1. The number of halogens is 1. The van der Waals surface area contributed by atoms with E-state index in [1.807, 2.05) is 13.0 Å². The van der Waals surface area contributed by atoms with Crippen molar-refractivity contribution in [2.75, 3.05) is 0 Å². The topological polar surface area (TPSA) is 44.5 Å². The molecule has 0 saturated carbocycles. The Morgan fingerprint density at radius 2 is 2.10 bits per heavy atom. The maximum Gasteiger partial charge on any atom is 0.182 e. The Bertz CT molecular complexity index is 915. The number of hydrogen-bond donors (Lipinski definition) is 1. The first-order valence-corrected chi connectivity index (χ1v) is 6.43. The highest BCUT2D eigenvalue weighted by molar-refractivity contribution is 7.71. The van der Waals surface area contributed by atoms with E-state index in [-0.39, 0.29) is 5.82 Å². The Labute approximate surface area is 119 Å². The minimum Gasteiger partial charge on any atom is -0.329 e. The number of H-pyrrole nitrogens is 1. The van der Waals surface area contributed by atoms with Gasteiger partial charge in [0.15, 0.2) is 4.77 Å². The summed E-state index contributed by atoms with van der Waals surface area (Å²) in [7, 11) is 0. The van der Waals surface area contributed by atoms with Crippen LogP contribution >= 0.6 is 12.2 Å². The van der Waals surface area contributed by atoms with Gasteiger partial charge in [0.1, 0.15) is 11.9 Å². The average molecular weight is 283 g/mol. The number of aryl methyl sites for hydroxylation is 1. The number of aromatic amines is 1. The van der Waals surface area contributed by atoms with Gasteiger partial charge in [0.25, 0.3) is 0 Å². The third-order valence-electron chi connectivity index (χ3n) is 3.25. The molecule has 5 heteroatoms. The van der Waals surface area contributed by atoms with Crippen molar-refractivity contribution in [2.45, 2.75) is 6.92 Å². The second kappa shape index (κ2) is 4.58. The summed E-state index contributed by atoms with van der Waals surface area (Å²) in [6, 6.07) is 12.0. The Balaban J connectivity index is 2.44. The lowest BCUT2D eigenvalue weighted by Crippen LogP contribution is -1.98. The number of aromatic nitrogens is 2. The molecule has 3 aromatic rings. The van der Waals surface area contributed by atoms with Crippen LogP contribution in [0.3, 0.4) is 0 Å². The van der Waals surface area contributed by atoms with Crippen LogP contribution in [0.1, 0.15) is 11.1 Å². The molecule has 1 heterocycles. The third-order valence-corrected chi connectivity index (χ3v) is 3.54. The normalized spacial score (nSPS) is 10.7. The van der Waals surface area contributed by atoms with Gasteiger partial charge in [-0.1, -0.05) is 12.1 Å². The van der Waals surface area contributed by atoms with E-state index in [1.165, 1.54) is 12.1 Å². The molecule has 3 nitrogen and oxygen atoms in total. The Kier molecular flexibility index (Phi) is 2.88. The maximum absolute atomic E-state index is 13.5. The summed E-state index contributed by atoms with van der Waals surface area (Å²) < 4.78 is 15.7. The van der Waals surface area contributed by atoms with Gasteiger partial charge in [0, 0.05) is 0 Å². The van der Waals surface area contributed by atoms with Crippen LogP contribution in [0.15, 0.2) is 36.4 Å². The molecule has 0 amide bonds. The second-order valence-corrected chi connectivity index (χ2v) is 4.89. The van der Waals surface area contributed by atoms with E-state index in [9.17, 15) is 4.39 Å². The van der Waals surface area contributed by atoms with Crippen molar-refractivity contribution in [3.63, 3.8) is 0 Å². The highest BCUT2D eigenvalue weighted by Crippen LogP contribution is 2.24. The fourth-order valence-corrected chi connectivity index (χ4v) is 2.58. The van der Waals surface area contributed by atoms with Crippen LogP contribution in [0.4, 0.5) is 4.39 Å². The van der Waals surface area contributed by atoms with Gasteiger partial charge in [-0.3, -0.25) is 4.57 Å². The summed E-state index contributed by atoms with van der Waals surface area (Å²) in [4.78, 5) is 3.02. The van der Waals surface area contributed by atoms with Crippen molar-refractivity contribution in [2.24, 2.45) is 0 Å². The van der Waals surface area contributed by atoms with Gasteiger partial charge in [-0.15, -0.1) is 0 Å². The first kappa shape index (κ1) is 12.6. The van der Waals surface area contributed by atoms with E-state index < -0.39 is 0 Å². The maximum atomic E-state index is 13.5. The number of hydrogen-bond acceptors (Lipinski definition) is 2. The summed E-state index contributed by atoms with van der Waals surface area (Å²) in [5, 5.41) is 9.13. The van der Waals surface area contributed by atoms with Crippen molar-refractivity contribution < 1.29 is 4.39 Å². The lowest BCUT2D eigenvalue weighted by molar-refractivity contribution is 0.626. The number of rotatable bonds is 1. The average Bonchev–Trinajstić information content (AvgIpc) is 2.77. The van der Waals surface area contributed by atoms with Gasteiger partial charge in [-0.2, -0.15) is 5.26 Å². The monoisotopic (exact) mass is 283 g/mol. The molecular formula is C15H10FN3S. The van der Waals surface area contributed by atoms with Gasteiger partial charge in [0.05, 0.1) is 22.3 Å². The molecule has 2 aromatic carbocycles. The highest BCUT2D eigenvalue weighted by Gasteiger charge is 2.11. The number of nitrogens with zero attached hydrogens (tertiary/aromatic N) is 2. The molecule has 20 heavy (non-hydrogen) atoms. The molecule has 0 fully saturated rings. The van der Waals surface area contributed by atoms with Crippen molar-refractivity contribution >= 4 is 23.3 Å². The summed E-state index contributed by atoms with van der Waals surface area (Å²) in [5.41, 5.74) is 3.54. The minimum absolute atomic E-state index is 0.321. The molecule has 0 bridgehead atoms. The number of imidazole rings is 1. The zero-order chi connectivity index (χ0) is 14.3. The number of nitriles is 1. The molecule has 1 aromatic heterocycles. The molecule has 98 valence electrons. The third kappa shape index (κ3) is 1.82. The molecule has 0 saturated heterocycles. The predicted octanol–water partition coefficient (Wildman–Crippen LogP) is 4.01. The largest absolute Gasteiger partial charge is 0.329 e. The molecule has 1 N–H and O–H groups in total. The first-order valence-electron chi connectivity index (χ1n) is 6.02. The van der Waals surface area contributed by atoms with Gasteiger partial charge in [-0.25, -0.2) is 4.39 Å². The SMILES string of the molecule is Cc1ccc(F)cc1-n1c(=S)[nH]c2c(C#N)cccc21. The molecule has 0 atom stereocenters. The standard InChI is InChI=1S/C15H10FN3S/c1-9-5-6-11(16)7-13(9)19-12-4-2-3-10(8-17)14(12)18-15(19)20/h2-7H,1H3,(H,18,20). The molecule has 0 aliphatic carbocycles. The molecule has 0 aliphatic rings. The van der Waals surface area contributed by atoms with Gasteiger partial charge >= 0.3 is 0 Å². The van der Waals surface area contributed by atoms with Gasteiger partial charge in [-0.05, 0) is 49.0 Å². The van der Waals surface area contributed by atoms with Crippen molar-refractivity contribution in [1.29, 1.82) is 5.26 Å². The number of benzene rings is 2. The van der Waals surface area contributed by atoms with Crippen molar-refractivity contribution in [3.05, 3.63) is 58.1 Å². The fourth-order valence-electron chi connectivity index (χ4n) is 2.29. The number of nitrogens with one attached hydrogen (secondary N) is 1. The van der Waals surface area contributed by atoms with Crippen LogP contribution < -0.4 is 0 Å². The van der Waals surface area contributed by atoms with E-state index in [0.29, 0.717) is 21.5 Å². The number of para-hydroxylation sites is 1. The van der Waals surface area contributed by atoms with Crippen LogP contribution in [0.2, 0.25) is 0 Å². The summed E-state index contributed by atoms with van der Waals surface area (Å²) in [6.45, 7) is 1.89.